The van der Waals surface area contributed by atoms with Gasteiger partial charge in [-0.05, 0) is 13.0 Å². The van der Waals surface area contributed by atoms with E-state index in [1.165, 1.54) is 12.1 Å². The summed E-state index contributed by atoms with van der Waals surface area (Å²) in [5.74, 6) is -0.227. The van der Waals surface area contributed by atoms with Crippen molar-refractivity contribution in [3.8, 4) is 6.07 Å². The summed E-state index contributed by atoms with van der Waals surface area (Å²) in [4.78, 5) is 0. The molecule has 2 heteroatoms. The lowest BCUT2D eigenvalue weighted by Crippen LogP contribution is -1.66. The maximum atomic E-state index is 8.17. The molecule has 0 saturated carbocycles. The molecule has 0 aliphatic carbocycles. The zero-order valence-corrected chi connectivity index (χ0v) is 3.47. The van der Waals surface area contributed by atoms with Crippen LogP contribution in [0.2, 0.25) is 0 Å². The molecule has 0 rings (SSSR count). The summed E-state index contributed by atoms with van der Waals surface area (Å²) in [5, 5.41) is 15.9. The van der Waals surface area contributed by atoms with E-state index in [0.717, 1.165) is 0 Å². The average molecular weight is 83.1 g/mol. The summed E-state index contributed by atoms with van der Waals surface area (Å²) in [5.41, 5.74) is 0. The van der Waals surface area contributed by atoms with Crippen LogP contribution in [-0.4, -0.2) is 5.11 Å². The maximum Gasteiger partial charge on any atom is 0.190 e. The van der Waals surface area contributed by atoms with E-state index in [2.05, 4.69) is 0 Å². The largest absolute Gasteiger partial charge is 0.500 e. The quantitative estimate of drug-likeness (QED) is 0.269. The Hall–Kier alpha value is -0.970. The van der Waals surface area contributed by atoms with Gasteiger partial charge in [0.25, 0.3) is 0 Å². The molecule has 32 valence electrons. The summed E-state index contributed by atoms with van der Waals surface area (Å²) in [6.07, 6.45) is 1.33. The predicted octanol–water partition coefficient (Wildman–Crippen LogP) is 0.972. The molecular weight excluding hydrogens is 78.1 g/mol. The van der Waals surface area contributed by atoms with Gasteiger partial charge < -0.3 is 5.11 Å². The van der Waals surface area contributed by atoms with Crippen molar-refractivity contribution in [1.29, 1.82) is 5.26 Å². The molecule has 0 aliphatic rings. The number of allylic oxidation sites excluding steroid dienone is 2. The SMILES string of the molecule is C/C=C(/O)C#N. The van der Waals surface area contributed by atoms with E-state index >= 15 is 0 Å². The highest BCUT2D eigenvalue weighted by atomic mass is 16.3. The Labute approximate surface area is 36.3 Å². The molecule has 0 aromatic rings. The third kappa shape index (κ3) is 1.36. The van der Waals surface area contributed by atoms with Gasteiger partial charge in [-0.15, -0.1) is 0 Å². The van der Waals surface area contributed by atoms with Gasteiger partial charge in [0, 0.05) is 0 Å². The van der Waals surface area contributed by atoms with Gasteiger partial charge in [-0.1, -0.05) is 0 Å². The smallest absolute Gasteiger partial charge is 0.190 e. The molecule has 0 saturated heterocycles. The lowest BCUT2D eigenvalue weighted by atomic mass is 10.5. The third-order valence-electron chi connectivity index (χ3n) is 0.388. The van der Waals surface area contributed by atoms with Crippen LogP contribution in [0, 0.1) is 11.3 Å². The van der Waals surface area contributed by atoms with E-state index in [0.29, 0.717) is 0 Å². The van der Waals surface area contributed by atoms with Crippen molar-refractivity contribution < 1.29 is 5.11 Å². The first-order valence-corrected chi connectivity index (χ1v) is 1.56. The minimum absolute atomic E-state index is 0.227. The van der Waals surface area contributed by atoms with Crippen molar-refractivity contribution in [2.24, 2.45) is 0 Å². The maximum absolute atomic E-state index is 8.17. The van der Waals surface area contributed by atoms with Crippen molar-refractivity contribution in [2.75, 3.05) is 0 Å². The van der Waals surface area contributed by atoms with E-state index in [1.807, 2.05) is 0 Å². The molecule has 0 amide bonds. The first-order chi connectivity index (χ1) is 2.81. The number of hydrogen-bond donors (Lipinski definition) is 1. The van der Waals surface area contributed by atoms with E-state index < -0.39 is 0 Å². The molecule has 0 bridgehead atoms. The van der Waals surface area contributed by atoms with E-state index in [4.69, 9.17) is 10.4 Å². The van der Waals surface area contributed by atoms with Gasteiger partial charge in [-0.25, -0.2) is 0 Å². The second-order valence-electron chi connectivity index (χ2n) is 0.786. The summed E-state index contributed by atoms with van der Waals surface area (Å²) in [6.45, 7) is 1.60. The van der Waals surface area contributed by atoms with E-state index in [-0.39, 0.29) is 5.76 Å². The van der Waals surface area contributed by atoms with E-state index in [1.54, 1.807) is 6.92 Å². The molecule has 0 unspecified atom stereocenters. The fourth-order valence-electron chi connectivity index (χ4n) is 0.0645. The lowest BCUT2D eigenvalue weighted by molar-refractivity contribution is 0.435. The molecule has 0 aromatic carbocycles. The monoisotopic (exact) mass is 83.0 g/mol. The Morgan fingerprint density at radius 2 is 2.50 bits per heavy atom. The number of aliphatic hydroxyl groups excluding tert-OH is 1. The molecule has 2 nitrogen and oxygen atoms in total. The molecule has 0 radical (unpaired) electrons. The molecule has 0 atom stereocenters. The Morgan fingerprint density at radius 3 is 2.50 bits per heavy atom. The molecule has 6 heavy (non-hydrogen) atoms. The van der Waals surface area contributed by atoms with Crippen molar-refractivity contribution in [3.63, 3.8) is 0 Å². The highest BCUT2D eigenvalue weighted by Crippen LogP contribution is 1.77. The van der Waals surface area contributed by atoms with Gasteiger partial charge in [0.1, 0.15) is 6.07 Å². The van der Waals surface area contributed by atoms with E-state index in [9.17, 15) is 0 Å². The molecule has 0 fully saturated rings. The Kier molecular flexibility index (Phi) is 1.91. The first-order valence-electron chi connectivity index (χ1n) is 1.56. The fraction of sp³-hybridized carbons (Fsp3) is 0.250. The Morgan fingerprint density at radius 1 is 2.00 bits per heavy atom. The molecule has 0 aromatic heterocycles. The highest BCUT2D eigenvalue weighted by molar-refractivity contribution is 5.08. The van der Waals surface area contributed by atoms with Gasteiger partial charge in [0.15, 0.2) is 5.76 Å². The summed E-state index contributed by atoms with van der Waals surface area (Å²) in [7, 11) is 0. The Balaban J connectivity index is 3.61. The average Bonchev–Trinajstić information content (AvgIpc) is 1.65. The zero-order chi connectivity index (χ0) is 4.99. The van der Waals surface area contributed by atoms with Crippen molar-refractivity contribution in [3.05, 3.63) is 11.8 Å². The summed E-state index contributed by atoms with van der Waals surface area (Å²) >= 11 is 0. The number of hydrogen-bond acceptors (Lipinski definition) is 2. The molecule has 1 N–H and O–H groups in total. The summed E-state index contributed by atoms with van der Waals surface area (Å²) < 4.78 is 0. The third-order valence-corrected chi connectivity index (χ3v) is 0.388. The normalized spacial score (nSPS) is 10.3. The lowest BCUT2D eigenvalue weighted by Gasteiger charge is -1.71. The predicted molar refractivity (Wildman–Crippen MR) is 22.0 cm³/mol. The van der Waals surface area contributed by atoms with Crippen LogP contribution in [0.3, 0.4) is 0 Å². The molecule has 0 spiro atoms. The number of aliphatic hydroxyl groups is 1. The van der Waals surface area contributed by atoms with Gasteiger partial charge in [-0.2, -0.15) is 5.26 Å². The minimum atomic E-state index is -0.227. The molecule has 0 aliphatic heterocycles. The first kappa shape index (κ1) is 5.03. The van der Waals surface area contributed by atoms with Crippen LogP contribution in [0.4, 0.5) is 0 Å². The van der Waals surface area contributed by atoms with Crippen molar-refractivity contribution in [1.82, 2.24) is 0 Å². The van der Waals surface area contributed by atoms with Crippen LogP contribution >= 0.6 is 0 Å². The van der Waals surface area contributed by atoms with Gasteiger partial charge in [0.05, 0.1) is 0 Å². The number of nitriles is 1. The number of nitrogens with zero attached hydrogens (tertiary/aromatic N) is 1. The second kappa shape index (κ2) is 2.28. The fourth-order valence-corrected chi connectivity index (χ4v) is 0.0645. The van der Waals surface area contributed by atoms with Crippen LogP contribution in [0.5, 0.6) is 0 Å². The van der Waals surface area contributed by atoms with Crippen molar-refractivity contribution >= 4 is 0 Å². The standard InChI is InChI=1S/C4H5NO/c1-2-4(6)3-5/h2,6H,1H3/b4-2+. The van der Waals surface area contributed by atoms with Crippen molar-refractivity contribution in [2.45, 2.75) is 6.92 Å². The van der Waals surface area contributed by atoms with Crippen LogP contribution in [0.1, 0.15) is 6.92 Å². The minimum Gasteiger partial charge on any atom is -0.500 e. The zero-order valence-electron chi connectivity index (χ0n) is 3.47. The Bertz CT molecular complexity index is 98.6. The van der Waals surface area contributed by atoms with Gasteiger partial charge >= 0.3 is 0 Å². The van der Waals surface area contributed by atoms with Crippen LogP contribution in [-0.2, 0) is 0 Å². The topological polar surface area (TPSA) is 44.0 Å². The van der Waals surface area contributed by atoms with Crippen LogP contribution in [0.15, 0.2) is 11.8 Å². The van der Waals surface area contributed by atoms with Gasteiger partial charge in [-0.3, -0.25) is 0 Å². The molecular formula is C4H5NO. The highest BCUT2D eigenvalue weighted by Gasteiger charge is 1.75. The van der Waals surface area contributed by atoms with Crippen LogP contribution in [0.25, 0.3) is 0 Å². The number of rotatable bonds is 0. The molecule has 0 heterocycles. The van der Waals surface area contributed by atoms with Crippen LogP contribution < -0.4 is 0 Å². The summed E-state index contributed by atoms with van der Waals surface area (Å²) in [6, 6.07) is 1.53. The second-order valence-corrected chi connectivity index (χ2v) is 0.786. The van der Waals surface area contributed by atoms with Gasteiger partial charge in [0.2, 0.25) is 0 Å².